The first-order valence-corrected chi connectivity index (χ1v) is 8.07. The monoisotopic (exact) mass is 377 g/mol. The van der Waals surface area contributed by atoms with Crippen molar-refractivity contribution < 1.29 is 31.3 Å². The van der Waals surface area contributed by atoms with E-state index in [9.17, 15) is 17.6 Å². The molecule has 144 valence electrons. The third kappa shape index (κ3) is 4.27. The van der Waals surface area contributed by atoms with E-state index in [1.165, 1.54) is 12.1 Å². The number of halogens is 5. The standard InChI is InChI=1S/C17H21BF5NO2/c1-15(2)16(3,4)26-18(25-15)14(20)12(9-13(24)17(21,22)23)10-6-5-7-11(19)8-10/h5-8,13H,9,24H2,1-4H3. The SMILES string of the molecule is CC1(C)OB(C(F)=C(CC(N)C(F)(F)F)c2cccc(F)c2)OC1(C)C. The molecule has 2 N–H and O–H groups in total. The molecule has 1 heterocycles. The van der Waals surface area contributed by atoms with E-state index in [2.05, 4.69) is 0 Å². The lowest BCUT2D eigenvalue weighted by atomic mass is 9.81. The van der Waals surface area contributed by atoms with Gasteiger partial charge in [-0.2, -0.15) is 13.2 Å². The molecule has 1 aromatic rings. The molecule has 0 amide bonds. The van der Waals surface area contributed by atoms with E-state index in [-0.39, 0.29) is 5.56 Å². The van der Waals surface area contributed by atoms with E-state index in [0.717, 1.165) is 12.1 Å². The topological polar surface area (TPSA) is 44.5 Å². The summed E-state index contributed by atoms with van der Waals surface area (Å²) in [5.74, 6) is -0.706. The summed E-state index contributed by atoms with van der Waals surface area (Å²) in [7, 11) is -1.50. The summed E-state index contributed by atoms with van der Waals surface area (Å²) in [6.45, 7) is 6.74. The van der Waals surface area contributed by atoms with Crippen molar-refractivity contribution in [1.82, 2.24) is 0 Å². The highest BCUT2D eigenvalue weighted by atomic mass is 19.4. The van der Waals surface area contributed by atoms with Crippen LogP contribution in [0.4, 0.5) is 22.0 Å². The molecule has 0 spiro atoms. The predicted octanol–water partition coefficient (Wildman–Crippen LogP) is 4.42. The summed E-state index contributed by atoms with van der Waals surface area (Å²) in [6.07, 6.45) is -5.60. The van der Waals surface area contributed by atoms with E-state index < -0.39 is 54.1 Å². The Labute approximate surface area is 149 Å². The summed E-state index contributed by atoms with van der Waals surface area (Å²) in [5, 5.41) is 0. The van der Waals surface area contributed by atoms with Crippen molar-refractivity contribution in [2.75, 3.05) is 0 Å². The van der Waals surface area contributed by atoms with Gasteiger partial charge in [0.1, 0.15) is 17.6 Å². The maximum absolute atomic E-state index is 15.1. The first kappa shape index (κ1) is 20.9. The molecule has 0 saturated carbocycles. The van der Waals surface area contributed by atoms with Crippen LogP contribution in [-0.2, 0) is 9.31 Å². The Morgan fingerprint density at radius 2 is 1.69 bits per heavy atom. The molecule has 1 atom stereocenters. The second-order valence-corrected chi connectivity index (χ2v) is 7.28. The highest BCUT2D eigenvalue weighted by molar-refractivity contribution is 6.55. The molecule has 9 heteroatoms. The van der Waals surface area contributed by atoms with E-state index in [0.29, 0.717) is 0 Å². The van der Waals surface area contributed by atoms with Crippen LogP contribution >= 0.6 is 0 Å². The second kappa shape index (κ2) is 6.94. The zero-order valence-corrected chi connectivity index (χ0v) is 15.0. The van der Waals surface area contributed by atoms with Gasteiger partial charge in [-0.25, -0.2) is 8.78 Å². The van der Waals surface area contributed by atoms with Gasteiger partial charge in [-0.1, -0.05) is 12.1 Å². The normalized spacial score (nSPS) is 21.5. The number of nitrogens with two attached hydrogens (primary N) is 1. The predicted molar refractivity (Wildman–Crippen MR) is 89.2 cm³/mol. The summed E-state index contributed by atoms with van der Waals surface area (Å²) in [5.41, 5.74) is 1.92. The number of rotatable bonds is 4. The number of hydrogen-bond acceptors (Lipinski definition) is 3. The fraction of sp³-hybridized carbons (Fsp3) is 0.529. The molecule has 0 aliphatic carbocycles. The van der Waals surface area contributed by atoms with Crippen molar-refractivity contribution in [2.24, 2.45) is 5.73 Å². The van der Waals surface area contributed by atoms with E-state index >= 15 is 4.39 Å². The van der Waals surface area contributed by atoms with Gasteiger partial charge in [-0.15, -0.1) is 0 Å². The van der Waals surface area contributed by atoms with Crippen molar-refractivity contribution >= 4 is 12.7 Å². The van der Waals surface area contributed by atoms with Gasteiger partial charge in [-0.05, 0) is 57.4 Å². The zero-order chi connectivity index (χ0) is 19.9. The van der Waals surface area contributed by atoms with Crippen LogP contribution in [-0.4, -0.2) is 30.5 Å². The molecule has 2 rings (SSSR count). The molecular weight excluding hydrogens is 356 g/mol. The lowest BCUT2D eigenvalue weighted by Gasteiger charge is -2.32. The Kier molecular flexibility index (Phi) is 5.57. The highest BCUT2D eigenvalue weighted by Gasteiger charge is 2.54. The molecule has 0 aromatic heterocycles. The summed E-state index contributed by atoms with van der Waals surface area (Å²) in [4.78, 5) is 0. The minimum Gasteiger partial charge on any atom is -0.398 e. The summed E-state index contributed by atoms with van der Waals surface area (Å²) >= 11 is 0. The van der Waals surface area contributed by atoms with Gasteiger partial charge >= 0.3 is 13.3 Å². The highest BCUT2D eigenvalue weighted by Crippen LogP contribution is 2.41. The van der Waals surface area contributed by atoms with E-state index in [1.807, 2.05) is 0 Å². The molecule has 3 nitrogen and oxygen atoms in total. The van der Waals surface area contributed by atoms with Gasteiger partial charge in [-0.3, -0.25) is 0 Å². The quantitative estimate of drug-likeness (QED) is 0.624. The van der Waals surface area contributed by atoms with Crippen LogP contribution in [0.2, 0.25) is 0 Å². The summed E-state index contributed by atoms with van der Waals surface area (Å²) < 4.78 is 78.4. The van der Waals surface area contributed by atoms with Gasteiger partial charge in [0.05, 0.1) is 11.2 Å². The van der Waals surface area contributed by atoms with E-state index in [1.54, 1.807) is 27.7 Å². The lowest BCUT2D eigenvalue weighted by molar-refractivity contribution is -0.146. The van der Waals surface area contributed by atoms with Gasteiger partial charge in [0.15, 0.2) is 0 Å². The minimum atomic E-state index is -4.73. The van der Waals surface area contributed by atoms with Crippen molar-refractivity contribution in [3.63, 3.8) is 0 Å². The van der Waals surface area contributed by atoms with Gasteiger partial charge in [0, 0.05) is 0 Å². The third-order valence-corrected chi connectivity index (χ3v) is 4.77. The zero-order valence-electron chi connectivity index (χ0n) is 15.0. The molecule has 0 radical (unpaired) electrons. The molecule has 1 saturated heterocycles. The molecule has 1 aliphatic rings. The van der Waals surface area contributed by atoms with Gasteiger partial charge in [0.25, 0.3) is 0 Å². The molecule has 1 unspecified atom stereocenters. The van der Waals surface area contributed by atoms with Crippen LogP contribution in [0.5, 0.6) is 0 Å². The van der Waals surface area contributed by atoms with Crippen molar-refractivity contribution in [3.8, 4) is 0 Å². The molecule has 1 aromatic carbocycles. The number of benzene rings is 1. The van der Waals surface area contributed by atoms with Crippen LogP contribution in [0.3, 0.4) is 0 Å². The third-order valence-electron chi connectivity index (χ3n) is 4.77. The van der Waals surface area contributed by atoms with Gasteiger partial charge < -0.3 is 15.0 Å². The van der Waals surface area contributed by atoms with Crippen LogP contribution in [0.25, 0.3) is 5.57 Å². The lowest BCUT2D eigenvalue weighted by Crippen LogP contribution is -2.41. The van der Waals surface area contributed by atoms with Crippen LogP contribution in [0.1, 0.15) is 39.7 Å². The Hall–Kier alpha value is -1.45. The van der Waals surface area contributed by atoms with E-state index in [4.69, 9.17) is 15.0 Å². The average molecular weight is 377 g/mol. The Balaban J connectivity index is 2.47. The van der Waals surface area contributed by atoms with Crippen LogP contribution in [0.15, 0.2) is 30.0 Å². The Morgan fingerprint density at radius 3 is 2.15 bits per heavy atom. The number of alkyl halides is 3. The van der Waals surface area contributed by atoms with Crippen molar-refractivity contribution in [3.05, 3.63) is 41.4 Å². The van der Waals surface area contributed by atoms with Crippen molar-refractivity contribution in [2.45, 2.75) is 57.5 Å². The fourth-order valence-corrected chi connectivity index (χ4v) is 2.45. The fourth-order valence-electron chi connectivity index (χ4n) is 2.45. The Bertz CT molecular complexity index is 687. The molecule has 1 aliphatic heterocycles. The number of hydrogen-bond donors (Lipinski definition) is 1. The summed E-state index contributed by atoms with van der Waals surface area (Å²) in [6, 6.07) is 2.34. The Morgan fingerprint density at radius 1 is 1.15 bits per heavy atom. The van der Waals surface area contributed by atoms with Gasteiger partial charge in [0.2, 0.25) is 0 Å². The van der Waals surface area contributed by atoms with Crippen LogP contribution in [0, 0.1) is 5.82 Å². The maximum atomic E-state index is 15.1. The van der Waals surface area contributed by atoms with Crippen LogP contribution < -0.4 is 5.73 Å². The average Bonchev–Trinajstić information content (AvgIpc) is 2.71. The maximum Gasteiger partial charge on any atom is 0.525 e. The minimum absolute atomic E-state index is 0.0445. The first-order chi connectivity index (χ1) is 11.7. The molecular formula is C17H21BF5NO2. The first-order valence-electron chi connectivity index (χ1n) is 8.07. The molecule has 0 bridgehead atoms. The molecule has 1 fully saturated rings. The molecule has 26 heavy (non-hydrogen) atoms. The second-order valence-electron chi connectivity index (χ2n) is 7.28. The van der Waals surface area contributed by atoms with Crippen molar-refractivity contribution in [1.29, 1.82) is 0 Å². The largest absolute Gasteiger partial charge is 0.525 e. The smallest absolute Gasteiger partial charge is 0.398 e.